The minimum Gasteiger partial charge on any atom is -0.381 e. The van der Waals surface area contributed by atoms with Crippen molar-refractivity contribution in [3.05, 3.63) is 39.7 Å². The van der Waals surface area contributed by atoms with Crippen molar-refractivity contribution in [2.45, 2.75) is 13.1 Å². The number of aryl methyl sites for hydroxylation is 1. The van der Waals surface area contributed by atoms with E-state index in [2.05, 4.69) is 25.9 Å². The van der Waals surface area contributed by atoms with Crippen LogP contribution in [0.1, 0.15) is 11.3 Å². The summed E-state index contributed by atoms with van der Waals surface area (Å²) >= 11 is 2.98. The minimum atomic E-state index is -4.58. The second-order valence-electron chi connectivity index (χ2n) is 4.02. The molecule has 0 aliphatic rings. The zero-order chi connectivity index (χ0) is 15.1. The molecule has 3 nitrogen and oxygen atoms in total. The average molecular weight is 350 g/mol. The molecule has 0 spiro atoms. The summed E-state index contributed by atoms with van der Waals surface area (Å²) < 4.78 is 52.6. The molecule has 2 aromatic rings. The number of alkyl halides is 3. The molecule has 0 saturated carbocycles. The number of hydrogen-bond acceptors (Lipinski definition) is 3. The Bertz CT molecular complexity index is 647. The molecular weight excluding hydrogens is 342 g/mol. The van der Waals surface area contributed by atoms with Gasteiger partial charge in [0.15, 0.2) is 17.5 Å². The van der Waals surface area contributed by atoms with Crippen molar-refractivity contribution < 1.29 is 17.6 Å². The highest BCUT2D eigenvalue weighted by atomic mass is 79.9. The molecule has 20 heavy (non-hydrogen) atoms. The molecule has 0 amide bonds. The van der Waals surface area contributed by atoms with Gasteiger partial charge in [0, 0.05) is 10.0 Å². The summed E-state index contributed by atoms with van der Waals surface area (Å²) in [4.78, 5) is 7.31. The number of nitrogens with two attached hydrogens (primary N) is 1. The summed E-state index contributed by atoms with van der Waals surface area (Å²) in [7, 11) is 0. The summed E-state index contributed by atoms with van der Waals surface area (Å²) in [6.07, 6.45) is -4.58. The third-order valence-corrected chi connectivity index (χ3v) is 3.06. The first-order valence-corrected chi connectivity index (χ1v) is 6.16. The van der Waals surface area contributed by atoms with Crippen LogP contribution >= 0.6 is 15.9 Å². The first-order valence-electron chi connectivity index (χ1n) is 5.37. The van der Waals surface area contributed by atoms with Crippen LogP contribution in [0.2, 0.25) is 0 Å². The zero-order valence-electron chi connectivity index (χ0n) is 10.1. The highest BCUT2D eigenvalue weighted by molar-refractivity contribution is 9.10. The molecule has 2 N–H and O–H groups in total. The van der Waals surface area contributed by atoms with Crippen molar-refractivity contribution in [1.82, 2.24) is 9.97 Å². The summed E-state index contributed by atoms with van der Waals surface area (Å²) in [6, 6.07) is 3.54. The van der Waals surface area contributed by atoms with Crippen molar-refractivity contribution in [2.24, 2.45) is 0 Å². The summed E-state index contributed by atoms with van der Waals surface area (Å²) in [5, 5.41) is 0. The van der Waals surface area contributed by atoms with Gasteiger partial charge in [-0.25, -0.2) is 14.4 Å². The van der Waals surface area contributed by atoms with E-state index in [1.165, 1.54) is 19.1 Å². The van der Waals surface area contributed by atoms with E-state index in [1.807, 2.05) is 0 Å². The van der Waals surface area contributed by atoms with Crippen molar-refractivity contribution in [1.29, 1.82) is 0 Å². The smallest absolute Gasteiger partial charge is 0.381 e. The van der Waals surface area contributed by atoms with Gasteiger partial charge in [-0.3, -0.25) is 0 Å². The molecule has 2 rings (SSSR count). The van der Waals surface area contributed by atoms with E-state index in [0.29, 0.717) is 0 Å². The number of hydrogen-bond donors (Lipinski definition) is 1. The number of aromatic nitrogens is 2. The van der Waals surface area contributed by atoms with E-state index in [1.54, 1.807) is 0 Å². The quantitative estimate of drug-likeness (QED) is 0.793. The Hall–Kier alpha value is -1.70. The first kappa shape index (κ1) is 14.7. The van der Waals surface area contributed by atoms with Crippen LogP contribution in [0.3, 0.4) is 0 Å². The lowest BCUT2D eigenvalue weighted by molar-refractivity contribution is -0.137. The second kappa shape index (κ2) is 5.01. The molecule has 0 fully saturated rings. The molecular formula is C12H8BrF4N3. The lowest BCUT2D eigenvalue weighted by atomic mass is 10.1. The van der Waals surface area contributed by atoms with Gasteiger partial charge >= 0.3 is 6.18 Å². The fraction of sp³-hybridized carbons (Fsp3) is 0.167. The maximum atomic E-state index is 13.3. The molecule has 1 aromatic carbocycles. The number of halogens is 5. The van der Waals surface area contributed by atoms with Gasteiger partial charge in [0.25, 0.3) is 0 Å². The van der Waals surface area contributed by atoms with Crippen molar-refractivity contribution >= 4 is 21.7 Å². The molecule has 0 aliphatic heterocycles. The normalized spacial score (nSPS) is 11.7. The lowest BCUT2D eigenvalue weighted by Gasteiger charge is -2.13. The van der Waals surface area contributed by atoms with E-state index in [-0.39, 0.29) is 21.6 Å². The third-order valence-electron chi connectivity index (χ3n) is 2.57. The van der Waals surface area contributed by atoms with Gasteiger partial charge in [0.1, 0.15) is 0 Å². The van der Waals surface area contributed by atoms with Crippen LogP contribution in [-0.2, 0) is 6.18 Å². The Balaban J connectivity index is 2.70. The van der Waals surface area contributed by atoms with E-state index < -0.39 is 23.4 Å². The zero-order valence-corrected chi connectivity index (χ0v) is 11.7. The van der Waals surface area contributed by atoms with Gasteiger partial charge < -0.3 is 5.73 Å². The monoisotopic (exact) mass is 349 g/mol. The summed E-state index contributed by atoms with van der Waals surface area (Å²) in [5.41, 5.74) is 4.05. The Morgan fingerprint density at radius 3 is 2.40 bits per heavy atom. The number of nitrogens with zero attached hydrogens (tertiary/aromatic N) is 2. The molecule has 0 atom stereocenters. The SMILES string of the molecule is Cc1nc(-c2ccc(Br)cc2C(F)(F)F)nc(N)c1F. The Labute approximate surface area is 120 Å². The van der Waals surface area contributed by atoms with Crippen LogP contribution in [0.15, 0.2) is 22.7 Å². The Morgan fingerprint density at radius 1 is 1.20 bits per heavy atom. The average Bonchev–Trinajstić information content (AvgIpc) is 2.34. The third kappa shape index (κ3) is 2.74. The second-order valence-corrected chi connectivity index (χ2v) is 4.94. The first-order chi connectivity index (χ1) is 9.20. The largest absolute Gasteiger partial charge is 0.417 e. The molecule has 1 aromatic heterocycles. The number of rotatable bonds is 1. The predicted molar refractivity (Wildman–Crippen MR) is 69.3 cm³/mol. The van der Waals surface area contributed by atoms with Gasteiger partial charge in [-0.2, -0.15) is 13.2 Å². The number of anilines is 1. The molecule has 0 aliphatic carbocycles. The van der Waals surface area contributed by atoms with Crippen LogP contribution in [0, 0.1) is 12.7 Å². The van der Waals surface area contributed by atoms with Gasteiger partial charge in [-0.15, -0.1) is 0 Å². The van der Waals surface area contributed by atoms with Crippen LogP contribution in [0.25, 0.3) is 11.4 Å². The summed E-state index contributed by atoms with van der Waals surface area (Å²) in [5.74, 6) is -1.58. The topological polar surface area (TPSA) is 51.8 Å². The van der Waals surface area contributed by atoms with E-state index in [4.69, 9.17) is 5.73 Å². The minimum absolute atomic E-state index is 0.108. The van der Waals surface area contributed by atoms with E-state index >= 15 is 0 Å². The van der Waals surface area contributed by atoms with Crippen LogP contribution < -0.4 is 5.73 Å². The molecule has 0 saturated heterocycles. The molecule has 0 bridgehead atoms. The van der Waals surface area contributed by atoms with Crippen molar-refractivity contribution in [3.63, 3.8) is 0 Å². The molecule has 106 valence electrons. The molecule has 8 heteroatoms. The maximum absolute atomic E-state index is 13.3. The Kier molecular flexibility index (Phi) is 3.68. The fourth-order valence-corrected chi connectivity index (χ4v) is 2.01. The number of nitrogen functional groups attached to an aromatic ring is 1. The van der Waals surface area contributed by atoms with Crippen LogP contribution in [-0.4, -0.2) is 9.97 Å². The Morgan fingerprint density at radius 2 is 1.85 bits per heavy atom. The van der Waals surface area contributed by atoms with Gasteiger partial charge in [0.05, 0.1) is 11.3 Å². The maximum Gasteiger partial charge on any atom is 0.417 e. The van der Waals surface area contributed by atoms with Gasteiger partial charge in [-0.05, 0) is 25.1 Å². The highest BCUT2D eigenvalue weighted by Gasteiger charge is 2.34. The lowest BCUT2D eigenvalue weighted by Crippen LogP contribution is -2.10. The molecule has 0 radical (unpaired) electrons. The van der Waals surface area contributed by atoms with E-state index in [9.17, 15) is 17.6 Å². The van der Waals surface area contributed by atoms with Gasteiger partial charge in [0.2, 0.25) is 0 Å². The standard InChI is InChI=1S/C12H8BrF4N3/c1-5-9(14)10(18)20-11(19-5)7-3-2-6(13)4-8(7)12(15,16)17/h2-4H,1H3,(H2,18,19,20). The molecule has 1 heterocycles. The van der Waals surface area contributed by atoms with Gasteiger partial charge in [-0.1, -0.05) is 15.9 Å². The molecule has 0 unspecified atom stereocenters. The fourth-order valence-electron chi connectivity index (χ4n) is 1.65. The summed E-state index contributed by atoms with van der Waals surface area (Å²) in [6.45, 7) is 1.31. The number of benzene rings is 1. The van der Waals surface area contributed by atoms with E-state index in [0.717, 1.165) is 6.07 Å². The van der Waals surface area contributed by atoms with Crippen LogP contribution in [0.4, 0.5) is 23.4 Å². The van der Waals surface area contributed by atoms with Crippen molar-refractivity contribution in [2.75, 3.05) is 5.73 Å². The highest BCUT2D eigenvalue weighted by Crippen LogP contribution is 2.37. The van der Waals surface area contributed by atoms with Crippen molar-refractivity contribution in [3.8, 4) is 11.4 Å². The van der Waals surface area contributed by atoms with Crippen LogP contribution in [0.5, 0.6) is 0 Å². The predicted octanol–water partition coefficient (Wildman–Crippen LogP) is 3.95.